The lowest BCUT2D eigenvalue weighted by Gasteiger charge is -2.10. The average Bonchev–Trinajstić information content (AvgIpc) is 3.06. The number of methoxy groups -OCH3 is 2. The van der Waals surface area contributed by atoms with Gasteiger partial charge in [0.05, 0.1) is 30.5 Å². The molecule has 0 bridgehead atoms. The van der Waals surface area contributed by atoms with E-state index in [4.69, 9.17) is 21.1 Å². The van der Waals surface area contributed by atoms with Crippen molar-refractivity contribution in [3.8, 4) is 11.5 Å². The number of hydrogen-bond donors (Lipinski definition) is 2. The van der Waals surface area contributed by atoms with E-state index in [2.05, 4.69) is 20.3 Å². The van der Waals surface area contributed by atoms with Gasteiger partial charge >= 0.3 is 0 Å². The Morgan fingerprint density at radius 2 is 2.08 bits per heavy atom. The number of nitrogens with zero attached hydrogens (tertiary/aromatic N) is 2. The van der Waals surface area contributed by atoms with E-state index in [0.717, 1.165) is 11.1 Å². The second kappa shape index (κ2) is 8.29. The second-order valence-electron chi connectivity index (χ2n) is 5.32. The summed E-state index contributed by atoms with van der Waals surface area (Å²) >= 11 is 7.20. The van der Waals surface area contributed by atoms with Gasteiger partial charge in [0.2, 0.25) is 5.91 Å². The lowest BCUT2D eigenvalue weighted by molar-refractivity contribution is -0.118. The molecule has 2 aromatic heterocycles. The number of rotatable bonds is 7. The van der Waals surface area contributed by atoms with E-state index < -0.39 is 0 Å². The van der Waals surface area contributed by atoms with Crippen molar-refractivity contribution in [2.45, 2.75) is 11.7 Å². The zero-order chi connectivity index (χ0) is 18.5. The van der Waals surface area contributed by atoms with Crippen LogP contribution in [0.4, 0.5) is 0 Å². The summed E-state index contributed by atoms with van der Waals surface area (Å²) in [6.45, 7) is 0.400. The van der Waals surface area contributed by atoms with Crippen molar-refractivity contribution in [3.05, 3.63) is 41.0 Å². The minimum absolute atomic E-state index is 0.101. The fraction of sp³-hybridized carbons (Fsp3) is 0.235. The first-order chi connectivity index (χ1) is 12.6. The number of aromatic amines is 1. The number of H-pyrrole nitrogens is 1. The van der Waals surface area contributed by atoms with Crippen LogP contribution in [0.5, 0.6) is 11.5 Å². The third-order valence-electron chi connectivity index (χ3n) is 3.56. The van der Waals surface area contributed by atoms with Gasteiger partial charge in [-0.3, -0.25) is 4.79 Å². The largest absolute Gasteiger partial charge is 0.493 e. The monoisotopic (exact) mass is 392 g/mol. The first-order valence-electron chi connectivity index (χ1n) is 7.70. The van der Waals surface area contributed by atoms with Crippen molar-refractivity contribution < 1.29 is 14.3 Å². The molecule has 0 aliphatic rings. The minimum Gasteiger partial charge on any atom is -0.493 e. The molecule has 0 aliphatic carbocycles. The molecule has 2 heterocycles. The molecule has 9 heteroatoms. The van der Waals surface area contributed by atoms with Crippen molar-refractivity contribution in [3.63, 3.8) is 0 Å². The number of thioether (sulfide) groups is 1. The SMILES string of the molecule is COc1ccc(CNC(=O)CSc2nc3ncc(Cl)cc3[nH]2)cc1OC. The Balaban J connectivity index is 1.53. The molecule has 1 aromatic carbocycles. The normalized spacial score (nSPS) is 10.7. The van der Waals surface area contributed by atoms with Gasteiger partial charge in [-0.2, -0.15) is 0 Å². The van der Waals surface area contributed by atoms with Crippen LogP contribution in [-0.2, 0) is 11.3 Å². The first kappa shape index (κ1) is 18.3. The highest BCUT2D eigenvalue weighted by atomic mass is 35.5. The number of aromatic nitrogens is 3. The molecule has 3 aromatic rings. The molecule has 0 radical (unpaired) electrons. The fourth-order valence-corrected chi connectivity index (χ4v) is 3.16. The number of hydrogen-bond acceptors (Lipinski definition) is 6. The molecule has 26 heavy (non-hydrogen) atoms. The van der Waals surface area contributed by atoms with Crippen molar-refractivity contribution in [2.24, 2.45) is 0 Å². The highest BCUT2D eigenvalue weighted by molar-refractivity contribution is 7.99. The van der Waals surface area contributed by atoms with E-state index in [1.165, 1.54) is 18.0 Å². The van der Waals surface area contributed by atoms with Crippen molar-refractivity contribution in [1.29, 1.82) is 0 Å². The summed E-state index contributed by atoms with van der Waals surface area (Å²) in [7, 11) is 3.16. The van der Waals surface area contributed by atoms with E-state index in [1.54, 1.807) is 20.3 Å². The van der Waals surface area contributed by atoms with E-state index in [9.17, 15) is 4.79 Å². The van der Waals surface area contributed by atoms with E-state index >= 15 is 0 Å². The van der Waals surface area contributed by atoms with E-state index in [0.29, 0.717) is 33.9 Å². The van der Waals surface area contributed by atoms with Crippen LogP contribution in [0, 0.1) is 0 Å². The highest BCUT2D eigenvalue weighted by Gasteiger charge is 2.09. The maximum atomic E-state index is 12.1. The summed E-state index contributed by atoms with van der Waals surface area (Å²) in [5.41, 5.74) is 2.23. The zero-order valence-corrected chi connectivity index (χ0v) is 15.8. The first-order valence-corrected chi connectivity index (χ1v) is 9.07. The van der Waals surface area contributed by atoms with Crippen LogP contribution in [0.25, 0.3) is 11.2 Å². The molecule has 0 saturated heterocycles. The van der Waals surface area contributed by atoms with Crippen LogP contribution in [0.2, 0.25) is 5.02 Å². The third-order valence-corrected chi connectivity index (χ3v) is 4.64. The van der Waals surface area contributed by atoms with Gasteiger partial charge in [0.25, 0.3) is 0 Å². The highest BCUT2D eigenvalue weighted by Crippen LogP contribution is 2.27. The number of imidazole rings is 1. The van der Waals surface area contributed by atoms with Gasteiger partial charge in [-0.15, -0.1) is 0 Å². The third kappa shape index (κ3) is 4.39. The topological polar surface area (TPSA) is 89.1 Å². The van der Waals surface area contributed by atoms with Crippen LogP contribution in [0.1, 0.15) is 5.56 Å². The molecule has 0 unspecified atom stereocenters. The Bertz CT molecular complexity index is 932. The van der Waals surface area contributed by atoms with Crippen molar-refractivity contribution in [1.82, 2.24) is 20.3 Å². The number of ether oxygens (including phenoxy) is 2. The maximum absolute atomic E-state index is 12.1. The molecule has 2 N–H and O–H groups in total. The van der Waals surface area contributed by atoms with Gasteiger partial charge in [0, 0.05) is 12.7 Å². The maximum Gasteiger partial charge on any atom is 0.230 e. The summed E-state index contributed by atoms with van der Waals surface area (Å²) in [5, 5.41) is 4.02. The summed E-state index contributed by atoms with van der Waals surface area (Å²) in [5.74, 6) is 1.41. The van der Waals surface area contributed by atoms with Crippen LogP contribution >= 0.6 is 23.4 Å². The van der Waals surface area contributed by atoms with Crippen LogP contribution < -0.4 is 14.8 Å². The number of carbonyl (C=O) groups is 1. The molecule has 0 aliphatic heterocycles. The van der Waals surface area contributed by atoms with Gasteiger partial charge in [0.1, 0.15) is 0 Å². The number of benzene rings is 1. The Morgan fingerprint density at radius 1 is 1.27 bits per heavy atom. The number of carbonyl (C=O) groups excluding carboxylic acids is 1. The zero-order valence-electron chi connectivity index (χ0n) is 14.2. The molecule has 7 nitrogen and oxygen atoms in total. The summed E-state index contributed by atoms with van der Waals surface area (Å²) in [4.78, 5) is 23.6. The number of pyridine rings is 1. The van der Waals surface area contributed by atoms with Crippen LogP contribution in [0.15, 0.2) is 35.6 Å². The average molecular weight is 393 g/mol. The number of amides is 1. The standard InChI is InChI=1S/C17H17ClN4O3S/c1-24-13-4-3-10(5-14(13)25-2)7-19-15(23)9-26-17-21-12-6-11(18)8-20-16(12)22-17/h3-6,8H,7,9H2,1-2H3,(H,19,23)(H,20,21,22). The van der Waals surface area contributed by atoms with Crippen LogP contribution in [0.3, 0.4) is 0 Å². The molecule has 3 rings (SSSR count). The molecule has 0 fully saturated rings. The summed E-state index contributed by atoms with van der Waals surface area (Å²) in [6.07, 6.45) is 1.54. The summed E-state index contributed by atoms with van der Waals surface area (Å²) in [6, 6.07) is 7.27. The predicted molar refractivity (Wildman–Crippen MR) is 101 cm³/mol. The van der Waals surface area contributed by atoms with Crippen molar-refractivity contribution in [2.75, 3.05) is 20.0 Å². The number of nitrogens with one attached hydrogen (secondary N) is 2. The van der Waals surface area contributed by atoms with Gasteiger partial charge in [-0.1, -0.05) is 29.4 Å². The Labute approximate surface area is 159 Å². The van der Waals surface area contributed by atoms with E-state index in [-0.39, 0.29) is 11.7 Å². The van der Waals surface area contributed by atoms with Crippen molar-refractivity contribution >= 4 is 40.4 Å². The minimum atomic E-state index is -0.101. The lowest BCUT2D eigenvalue weighted by Crippen LogP contribution is -2.24. The fourth-order valence-electron chi connectivity index (χ4n) is 2.30. The van der Waals surface area contributed by atoms with Gasteiger partial charge in [-0.25, -0.2) is 9.97 Å². The Hall–Kier alpha value is -2.45. The quantitative estimate of drug-likeness (QED) is 0.601. The molecule has 0 spiro atoms. The second-order valence-corrected chi connectivity index (χ2v) is 6.72. The van der Waals surface area contributed by atoms with Crippen LogP contribution in [-0.4, -0.2) is 40.8 Å². The molecule has 136 valence electrons. The molecular formula is C17H17ClN4O3S. The smallest absolute Gasteiger partial charge is 0.230 e. The molecule has 0 saturated carbocycles. The van der Waals surface area contributed by atoms with Gasteiger partial charge < -0.3 is 19.8 Å². The van der Waals surface area contributed by atoms with Gasteiger partial charge in [-0.05, 0) is 23.8 Å². The number of fused-ring (bicyclic) bond motifs is 1. The van der Waals surface area contributed by atoms with Gasteiger partial charge in [0.15, 0.2) is 22.3 Å². The number of halogens is 1. The molecular weight excluding hydrogens is 376 g/mol. The Morgan fingerprint density at radius 3 is 2.85 bits per heavy atom. The molecule has 0 atom stereocenters. The Kier molecular flexibility index (Phi) is 5.85. The predicted octanol–water partition coefficient (Wildman–Crippen LogP) is 3.04. The lowest BCUT2D eigenvalue weighted by atomic mass is 10.2. The van der Waals surface area contributed by atoms with E-state index in [1.807, 2.05) is 18.2 Å². The molecule has 1 amide bonds. The summed E-state index contributed by atoms with van der Waals surface area (Å²) < 4.78 is 10.5.